The Morgan fingerprint density at radius 1 is 1.04 bits per heavy atom. The Morgan fingerprint density at radius 3 is 2.60 bits per heavy atom. The Labute approximate surface area is 150 Å². The zero-order valence-electron chi connectivity index (χ0n) is 14.9. The van der Waals surface area contributed by atoms with E-state index in [-0.39, 0.29) is 12.0 Å². The Morgan fingerprint density at radius 2 is 1.84 bits per heavy atom. The van der Waals surface area contributed by atoms with Crippen molar-refractivity contribution in [2.24, 2.45) is 0 Å². The van der Waals surface area contributed by atoms with E-state index in [2.05, 4.69) is 28.0 Å². The number of piperazine rings is 1. The molecule has 0 bridgehead atoms. The van der Waals surface area contributed by atoms with Gasteiger partial charge in [0.05, 0.1) is 12.6 Å². The van der Waals surface area contributed by atoms with Crippen LogP contribution in [0.2, 0.25) is 0 Å². The molecular formula is C20H29N3O2. The van der Waals surface area contributed by atoms with Gasteiger partial charge in [0.2, 0.25) is 5.91 Å². The van der Waals surface area contributed by atoms with Crippen molar-refractivity contribution in [3.63, 3.8) is 0 Å². The van der Waals surface area contributed by atoms with E-state index in [4.69, 9.17) is 0 Å². The fraction of sp³-hybridized carbons (Fsp3) is 0.650. The van der Waals surface area contributed by atoms with Crippen LogP contribution in [-0.2, 0) is 11.2 Å². The van der Waals surface area contributed by atoms with Crippen molar-refractivity contribution in [1.82, 2.24) is 9.80 Å². The van der Waals surface area contributed by atoms with Gasteiger partial charge in [0.15, 0.2) is 0 Å². The van der Waals surface area contributed by atoms with Gasteiger partial charge in [0.1, 0.15) is 0 Å². The molecule has 0 spiro atoms. The first-order chi connectivity index (χ1) is 12.2. The third kappa shape index (κ3) is 3.59. The summed E-state index contributed by atoms with van der Waals surface area (Å²) in [6.07, 6.45) is 5.16. The number of amides is 1. The molecule has 1 amide bonds. The van der Waals surface area contributed by atoms with Crippen LogP contribution in [-0.4, -0.2) is 72.2 Å². The molecule has 0 radical (unpaired) electrons. The van der Waals surface area contributed by atoms with Gasteiger partial charge in [0, 0.05) is 44.5 Å². The number of rotatable bonds is 3. The molecule has 4 rings (SSSR count). The molecule has 5 nitrogen and oxygen atoms in total. The summed E-state index contributed by atoms with van der Waals surface area (Å²) in [5.74, 6) is 0.224. The van der Waals surface area contributed by atoms with Gasteiger partial charge in [-0.1, -0.05) is 18.2 Å². The number of hydrogen-bond donors (Lipinski definition) is 1. The number of aryl methyl sites for hydroxylation is 1. The quantitative estimate of drug-likeness (QED) is 0.903. The van der Waals surface area contributed by atoms with Crippen LogP contribution in [0.15, 0.2) is 24.3 Å². The third-order valence-corrected chi connectivity index (χ3v) is 6.09. The van der Waals surface area contributed by atoms with Crippen LogP contribution in [0.3, 0.4) is 0 Å². The summed E-state index contributed by atoms with van der Waals surface area (Å²) in [5, 5.41) is 10.1. The molecule has 1 aromatic carbocycles. The number of carbonyl (C=O) groups is 1. The minimum absolute atomic E-state index is 0.155. The van der Waals surface area contributed by atoms with Gasteiger partial charge in [-0.05, 0) is 43.7 Å². The van der Waals surface area contributed by atoms with E-state index in [1.54, 1.807) is 0 Å². The average Bonchev–Trinajstić information content (AvgIpc) is 3.08. The van der Waals surface area contributed by atoms with E-state index in [0.717, 1.165) is 70.5 Å². The number of hydrogen-bond acceptors (Lipinski definition) is 4. The fourth-order valence-electron chi connectivity index (χ4n) is 4.67. The van der Waals surface area contributed by atoms with Crippen molar-refractivity contribution < 1.29 is 9.90 Å². The fourth-order valence-corrected chi connectivity index (χ4v) is 4.67. The first kappa shape index (κ1) is 17.0. The zero-order valence-corrected chi connectivity index (χ0v) is 14.9. The summed E-state index contributed by atoms with van der Waals surface area (Å²) >= 11 is 0. The molecule has 1 aromatic rings. The molecule has 2 fully saturated rings. The molecule has 1 saturated heterocycles. The van der Waals surface area contributed by atoms with Crippen molar-refractivity contribution in [3.8, 4) is 0 Å². The number of aliphatic hydroxyl groups excluding tert-OH is 1. The highest BCUT2D eigenvalue weighted by Gasteiger charge is 2.33. The number of benzene rings is 1. The molecule has 2 heterocycles. The second-order valence-corrected chi connectivity index (χ2v) is 7.66. The predicted molar refractivity (Wildman–Crippen MR) is 98.8 cm³/mol. The Balaban J connectivity index is 1.32. The standard InChI is InChI=1S/C20H29N3O2/c24-19-9-3-8-18(19)22-13-11-21(12-14-22)15-20(25)23-10-4-6-16-5-1-2-7-17(16)23/h1-2,5,7,18-19,24H,3-4,6,8-15H2. The maximum Gasteiger partial charge on any atom is 0.241 e. The van der Waals surface area contributed by atoms with E-state index in [9.17, 15) is 9.90 Å². The Kier molecular flexibility index (Phi) is 5.06. The summed E-state index contributed by atoms with van der Waals surface area (Å²) in [7, 11) is 0. The maximum absolute atomic E-state index is 12.8. The molecule has 2 aliphatic heterocycles. The van der Waals surface area contributed by atoms with E-state index in [1.165, 1.54) is 5.56 Å². The summed E-state index contributed by atoms with van der Waals surface area (Å²) < 4.78 is 0. The Bertz CT molecular complexity index is 613. The largest absolute Gasteiger partial charge is 0.391 e. The van der Waals surface area contributed by atoms with Crippen LogP contribution in [0.5, 0.6) is 0 Å². The number of para-hydroxylation sites is 1. The normalized spacial score (nSPS) is 28.1. The summed E-state index contributed by atoms with van der Waals surface area (Å²) in [4.78, 5) is 19.5. The monoisotopic (exact) mass is 343 g/mol. The molecule has 2 unspecified atom stereocenters. The number of aliphatic hydroxyl groups is 1. The zero-order chi connectivity index (χ0) is 17.2. The van der Waals surface area contributed by atoms with Crippen LogP contribution in [0, 0.1) is 0 Å². The van der Waals surface area contributed by atoms with Crippen molar-refractivity contribution in [2.75, 3.05) is 44.2 Å². The molecular weight excluding hydrogens is 314 g/mol. The average molecular weight is 343 g/mol. The third-order valence-electron chi connectivity index (χ3n) is 6.09. The minimum Gasteiger partial charge on any atom is -0.391 e. The number of carbonyl (C=O) groups excluding carboxylic acids is 1. The lowest BCUT2D eigenvalue weighted by atomic mass is 10.0. The minimum atomic E-state index is -0.155. The number of nitrogens with zero attached hydrogens (tertiary/aromatic N) is 3. The van der Waals surface area contributed by atoms with Crippen LogP contribution >= 0.6 is 0 Å². The molecule has 3 aliphatic rings. The topological polar surface area (TPSA) is 47.0 Å². The predicted octanol–water partition coefficient (Wildman–Crippen LogP) is 1.50. The first-order valence-corrected chi connectivity index (χ1v) is 9.75. The van der Waals surface area contributed by atoms with Gasteiger partial charge in [0.25, 0.3) is 0 Å². The lowest BCUT2D eigenvalue weighted by molar-refractivity contribution is -0.120. The SMILES string of the molecule is O=C(CN1CCN(C2CCCC2O)CC1)N1CCCc2ccccc21. The molecule has 25 heavy (non-hydrogen) atoms. The van der Waals surface area contributed by atoms with Crippen LogP contribution in [0.1, 0.15) is 31.2 Å². The molecule has 1 N–H and O–H groups in total. The molecule has 5 heteroatoms. The maximum atomic E-state index is 12.8. The van der Waals surface area contributed by atoms with E-state index < -0.39 is 0 Å². The van der Waals surface area contributed by atoms with Crippen molar-refractivity contribution >= 4 is 11.6 Å². The van der Waals surface area contributed by atoms with Crippen LogP contribution in [0.4, 0.5) is 5.69 Å². The first-order valence-electron chi connectivity index (χ1n) is 9.75. The molecule has 1 saturated carbocycles. The number of fused-ring (bicyclic) bond motifs is 1. The molecule has 1 aliphatic carbocycles. The summed E-state index contributed by atoms with van der Waals surface area (Å²) in [6, 6.07) is 8.64. The lowest BCUT2D eigenvalue weighted by Gasteiger charge is -2.39. The molecule has 2 atom stereocenters. The van der Waals surface area contributed by atoms with Crippen LogP contribution < -0.4 is 4.90 Å². The van der Waals surface area contributed by atoms with E-state index in [1.807, 2.05) is 11.0 Å². The number of anilines is 1. The van der Waals surface area contributed by atoms with Gasteiger partial charge >= 0.3 is 0 Å². The molecule has 136 valence electrons. The lowest BCUT2D eigenvalue weighted by Crippen LogP contribution is -2.54. The smallest absolute Gasteiger partial charge is 0.241 e. The van der Waals surface area contributed by atoms with Gasteiger partial charge in [-0.3, -0.25) is 14.6 Å². The van der Waals surface area contributed by atoms with Crippen molar-refractivity contribution in [2.45, 2.75) is 44.2 Å². The summed E-state index contributed by atoms with van der Waals surface area (Å²) in [5.41, 5.74) is 2.40. The van der Waals surface area contributed by atoms with E-state index >= 15 is 0 Å². The van der Waals surface area contributed by atoms with Crippen molar-refractivity contribution in [3.05, 3.63) is 29.8 Å². The van der Waals surface area contributed by atoms with Gasteiger partial charge in [-0.15, -0.1) is 0 Å². The summed E-state index contributed by atoms with van der Waals surface area (Å²) in [6.45, 7) is 5.12. The second kappa shape index (κ2) is 7.44. The van der Waals surface area contributed by atoms with Gasteiger partial charge in [-0.2, -0.15) is 0 Å². The highest BCUT2D eigenvalue weighted by atomic mass is 16.3. The second-order valence-electron chi connectivity index (χ2n) is 7.66. The van der Waals surface area contributed by atoms with Crippen LogP contribution in [0.25, 0.3) is 0 Å². The van der Waals surface area contributed by atoms with Crippen molar-refractivity contribution in [1.29, 1.82) is 0 Å². The highest BCUT2D eigenvalue weighted by Crippen LogP contribution is 2.27. The highest BCUT2D eigenvalue weighted by molar-refractivity contribution is 5.95. The van der Waals surface area contributed by atoms with E-state index in [0.29, 0.717) is 12.6 Å². The molecule has 0 aromatic heterocycles. The van der Waals surface area contributed by atoms with Gasteiger partial charge in [-0.25, -0.2) is 0 Å². The Hall–Kier alpha value is -1.43. The van der Waals surface area contributed by atoms with Gasteiger partial charge < -0.3 is 10.0 Å².